The normalized spacial score (nSPS) is 12.0. The molecule has 0 unspecified atom stereocenters. The highest BCUT2D eigenvalue weighted by Crippen LogP contribution is 2.16. The topological polar surface area (TPSA) is 78.9 Å². The van der Waals surface area contributed by atoms with Crippen LogP contribution in [0, 0.1) is 0 Å². The molecule has 0 saturated heterocycles. The fourth-order valence-electron chi connectivity index (χ4n) is 7.79. The van der Waals surface area contributed by atoms with E-state index in [-0.39, 0.29) is 31.1 Å². The fraction of sp³-hybridized carbons (Fsp3) is 0.906. The molecule has 0 radical (unpaired) electrons. The van der Waals surface area contributed by atoms with Crippen LogP contribution in [-0.4, -0.2) is 37.2 Å². The van der Waals surface area contributed by atoms with Crippen LogP contribution in [0.3, 0.4) is 0 Å². The zero-order valence-electron chi connectivity index (χ0n) is 39.8. The van der Waals surface area contributed by atoms with Crippen LogP contribution in [0.5, 0.6) is 0 Å². The highest BCUT2D eigenvalue weighted by Gasteiger charge is 2.19. The monoisotopic (exact) mass is 833 g/mol. The summed E-state index contributed by atoms with van der Waals surface area (Å²) in [5.74, 6) is -0.861. The first-order valence-corrected chi connectivity index (χ1v) is 26.2. The second-order valence-electron chi connectivity index (χ2n) is 17.8. The average Bonchev–Trinajstić information content (AvgIpc) is 3.23. The van der Waals surface area contributed by atoms with Crippen LogP contribution in [0.25, 0.3) is 0 Å². The van der Waals surface area contributed by atoms with Gasteiger partial charge < -0.3 is 14.2 Å². The van der Waals surface area contributed by atoms with Crippen LogP contribution in [0.15, 0.2) is 12.2 Å². The molecule has 0 aromatic heterocycles. The predicted molar refractivity (Wildman–Crippen MR) is 252 cm³/mol. The lowest BCUT2D eigenvalue weighted by molar-refractivity contribution is -0.167. The van der Waals surface area contributed by atoms with Gasteiger partial charge in [0.1, 0.15) is 13.2 Å². The van der Waals surface area contributed by atoms with Gasteiger partial charge >= 0.3 is 17.9 Å². The molecule has 0 aliphatic rings. The number of carbonyl (C=O) groups excluding carboxylic acids is 3. The van der Waals surface area contributed by atoms with Crippen LogP contribution >= 0.6 is 0 Å². The molecule has 6 nitrogen and oxygen atoms in total. The van der Waals surface area contributed by atoms with E-state index < -0.39 is 6.10 Å². The molecule has 0 aromatic rings. The van der Waals surface area contributed by atoms with Crippen LogP contribution in [0.2, 0.25) is 0 Å². The maximum Gasteiger partial charge on any atom is 0.306 e. The van der Waals surface area contributed by atoms with Crippen LogP contribution < -0.4 is 0 Å². The maximum absolute atomic E-state index is 12.8. The van der Waals surface area contributed by atoms with Crippen LogP contribution in [-0.2, 0) is 28.6 Å². The van der Waals surface area contributed by atoms with E-state index >= 15 is 0 Å². The van der Waals surface area contributed by atoms with Crippen LogP contribution in [0.4, 0.5) is 0 Å². The van der Waals surface area contributed by atoms with Crippen molar-refractivity contribution in [2.24, 2.45) is 0 Å². The fourth-order valence-corrected chi connectivity index (χ4v) is 7.79. The van der Waals surface area contributed by atoms with E-state index in [9.17, 15) is 14.4 Å². The number of carbonyl (C=O) groups is 3. The third-order valence-corrected chi connectivity index (χ3v) is 11.8. The first kappa shape index (κ1) is 57.1. The van der Waals surface area contributed by atoms with Gasteiger partial charge in [0.2, 0.25) is 0 Å². The van der Waals surface area contributed by atoms with Crippen molar-refractivity contribution in [3.63, 3.8) is 0 Å². The number of unbranched alkanes of at least 4 members (excludes halogenated alkanes) is 35. The largest absolute Gasteiger partial charge is 0.462 e. The van der Waals surface area contributed by atoms with Gasteiger partial charge in [0.15, 0.2) is 6.10 Å². The van der Waals surface area contributed by atoms with Crippen molar-refractivity contribution in [3.05, 3.63) is 12.2 Å². The first-order valence-electron chi connectivity index (χ1n) is 26.2. The molecule has 0 bridgehead atoms. The third-order valence-electron chi connectivity index (χ3n) is 11.8. The Balaban J connectivity index is 4.29. The van der Waals surface area contributed by atoms with Gasteiger partial charge in [-0.05, 0) is 44.9 Å². The Hall–Kier alpha value is -1.85. The molecule has 0 rings (SSSR count). The highest BCUT2D eigenvalue weighted by molar-refractivity contribution is 5.71. The molecule has 6 heteroatoms. The molecule has 0 amide bonds. The lowest BCUT2D eigenvalue weighted by atomic mass is 10.0. The quantitative estimate of drug-likeness (QED) is 0.0263. The van der Waals surface area contributed by atoms with E-state index in [0.717, 1.165) is 64.2 Å². The summed E-state index contributed by atoms with van der Waals surface area (Å²) in [6.07, 6.45) is 53.4. The molecular weight excluding hydrogens is 733 g/mol. The minimum Gasteiger partial charge on any atom is -0.462 e. The number of ether oxygens (including phenoxy) is 3. The SMILES string of the molecule is CCCCCC/C=C\CCCCCCCC(=O)O[C@@H](COC(=O)CCCCCCCCCCCCC)COC(=O)CCCCCCCCCCCCCCCCCCC. The Morgan fingerprint density at radius 3 is 0.864 bits per heavy atom. The summed E-state index contributed by atoms with van der Waals surface area (Å²) in [5.41, 5.74) is 0. The van der Waals surface area contributed by atoms with E-state index in [2.05, 4.69) is 32.9 Å². The van der Waals surface area contributed by atoms with Crippen molar-refractivity contribution in [1.82, 2.24) is 0 Å². The molecule has 0 aliphatic carbocycles. The molecule has 0 aromatic carbocycles. The minimum absolute atomic E-state index is 0.0681. The van der Waals surface area contributed by atoms with Crippen molar-refractivity contribution in [1.29, 1.82) is 0 Å². The predicted octanol–water partition coefficient (Wildman–Crippen LogP) is 17.0. The smallest absolute Gasteiger partial charge is 0.306 e. The van der Waals surface area contributed by atoms with E-state index in [4.69, 9.17) is 14.2 Å². The van der Waals surface area contributed by atoms with Gasteiger partial charge in [-0.1, -0.05) is 238 Å². The van der Waals surface area contributed by atoms with Gasteiger partial charge in [0.25, 0.3) is 0 Å². The Labute approximate surface area is 367 Å². The molecule has 0 heterocycles. The van der Waals surface area contributed by atoms with Gasteiger partial charge in [0, 0.05) is 19.3 Å². The molecule has 1 atom stereocenters. The molecule has 0 spiro atoms. The summed E-state index contributed by atoms with van der Waals surface area (Å²) in [7, 11) is 0. The zero-order chi connectivity index (χ0) is 43.0. The number of esters is 3. The average molecular weight is 833 g/mol. The second kappa shape index (κ2) is 48.8. The molecule has 0 saturated carbocycles. The zero-order valence-corrected chi connectivity index (χ0v) is 39.8. The van der Waals surface area contributed by atoms with Gasteiger partial charge in [0.05, 0.1) is 0 Å². The maximum atomic E-state index is 12.8. The summed E-state index contributed by atoms with van der Waals surface area (Å²) in [6.45, 7) is 6.65. The lowest BCUT2D eigenvalue weighted by Gasteiger charge is -2.18. The van der Waals surface area contributed by atoms with Crippen molar-refractivity contribution in [3.8, 4) is 0 Å². The standard InChI is InChI=1S/C53H100O6/c1-4-7-10-13-16-19-22-24-25-26-27-29-31-34-37-40-43-46-52(55)58-49-50(48-57-51(54)45-42-39-36-33-30-21-18-15-12-9-6-3)59-53(56)47-44-41-38-35-32-28-23-20-17-14-11-8-5-2/h20,23,50H,4-19,21-22,24-49H2,1-3H3/b23-20-/t50-/m0/s1. The molecular formula is C53H100O6. The van der Waals surface area contributed by atoms with Gasteiger partial charge in [-0.15, -0.1) is 0 Å². The van der Waals surface area contributed by atoms with Gasteiger partial charge in [-0.25, -0.2) is 0 Å². The molecule has 0 fully saturated rings. The Morgan fingerprint density at radius 1 is 0.322 bits per heavy atom. The van der Waals surface area contributed by atoms with Crippen molar-refractivity contribution in [2.45, 2.75) is 297 Å². The van der Waals surface area contributed by atoms with E-state index in [1.807, 2.05) is 0 Å². The summed E-state index contributed by atoms with van der Waals surface area (Å²) < 4.78 is 16.8. The third kappa shape index (κ3) is 47.1. The van der Waals surface area contributed by atoms with Crippen LogP contribution in [0.1, 0.15) is 290 Å². The first-order chi connectivity index (χ1) is 29.0. The lowest BCUT2D eigenvalue weighted by Crippen LogP contribution is -2.30. The summed E-state index contributed by atoms with van der Waals surface area (Å²) in [5, 5.41) is 0. The summed E-state index contributed by atoms with van der Waals surface area (Å²) >= 11 is 0. The van der Waals surface area contributed by atoms with E-state index in [1.54, 1.807) is 0 Å². The minimum atomic E-state index is -0.767. The van der Waals surface area contributed by atoms with Gasteiger partial charge in [-0.2, -0.15) is 0 Å². The molecule has 0 N–H and O–H groups in total. The Kier molecular flexibility index (Phi) is 47.3. The molecule has 0 aliphatic heterocycles. The van der Waals surface area contributed by atoms with Crippen molar-refractivity contribution >= 4 is 17.9 Å². The summed E-state index contributed by atoms with van der Waals surface area (Å²) in [4.78, 5) is 37.9. The van der Waals surface area contributed by atoms with Gasteiger partial charge in [-0.3, -0.25) is 14.4 Å². The molecule has 348 valence electrons. The van der Waals surface area contributed by atoms with E-state index in [1.165, 1.54) is 186 Å². The Morgan fingerprint density at radius 2 is 0.559 bits per heavy atom. The summed E-state index contributed by atoms with van der Waals surface area (Å²) in [6, 6.07) is 0. The number of hydrogen-bond acceptors (Lipinski definition) is 6. The number of hydrogen-bond donors (Lipinski definition) is 0. The van der Waals surface area contributed by atoms with Crippen molar-refractivity contribution in [2.75, 3.05) is 13.2 Å². The molecule has 59 heavy (non-hydrogen) atoms. The van der Waals surface area contributed by atoms with Crippen molar-refractivity contribution < 1.29 is 28.6 Å². The number of allylic oxidation sites excluding steroid dienone is 2. The number of rotatable bonds is 48. The Bertz CT molecular complexity index is 916. The van der Waals surface area contributed by atoms with E-state index in [0.29, 0.717) is 19.3 Å². The highest BCUT2D eigenvalue weighted by atomic mass is 16.6. The second-order valence-corrected chi connectivity index (χ2v) is 17.8.